The molecule has 1 amide bonds. The van der Waals surface area contributed by atoms with Gasteiger partial charge in [0.05, 0.1) is 6.04 Å². The molecule has 0 aliphatic carbocycles. The molecule has 0 aliphatic heterocycles. The summed E-state index contributed by atoms with van der Waals surface area (Å²) in [5.74, 6) is -1.78. The fraction of sp³-hybridized carbons (Fsp3) is 0.143. The van der Waals surface area contributed by atoms with E-state index in [4.69, 9.17) is 11.6 Å². The fourth-order valence-corrected chi connectivity index (χ4v) is 1.93. The summed E-state index contributed by atoms with van der Waals surface area (Å²) in [6, 6.07) is 5.52. The smallest absolute Gasteiger partial charge is 0.251 e. The molecule has 1 N–H and O–H groups in total. The first-order valence-electron chi connectivity index (χ1n) is 5.84. The van der Waals surface area contributed by atoms with Gasteiger partial charge >= 0.3 is 0 Å². The Kier molecular flexibility index (Phi) is 4.29. The molecule has 1 heterocycles. The highest BCUT2D eigenvalue weighted by Gasteiger charge is 2.15. The molecule has 2 aromatic rings. The summed E-state index contributed by atoms with van der Waals surface area (Å²) in [6.07, 6.45) is 1.40. The minimum absolute atomic E-state index is 0.193. The van der Waals surface area contributed by atoms with Crippen LogP contribution >= 0.6 is 11.6 Å². The zero-order valence-corrected chi connectivity index (χ0v) is 11.3. The van der Waals surface area contributed by atoms with Gasteiger partial charge in [0.2, 0.25) is 0 Å². The maximum atomic E-state index is 13.6. The fourth-order valence-electron chi connectivity index (χ4n) is 1.75. The quantitative estimate of drug-likeness (QED) is 0.881. The number of aromatic nitrogens is 1. The Morgan fingerprint density at radius 3 is 2.70 bits per heavy atom. The molecule has 0 saturated heterocycles. The molecule has 6 heteroatoms. The summed E-state index contributed by atoms with van der Waals surface area (Å²) in [7, 11) is 0. The lowest BCUT2D eigenvalue weighted by Gasteiger charge is -2.15. The molecule has 0 unspecified atom stereocenters. The van der Waals surface area contributed by atoms with Gasteiger partial charge in [-0.1, -0.05) is 17.7 Å². The average molecular weight is 297 g/mol. The summed E-state index contributed by atoms with van der Waals surface area (Å²) < 4.78 is 26.4. The number of amides is 1. The predicted molar refractivity (Wildman–Crippen MR) is 71.5 cm³/mol. The van der Waals surface area contributed by atoms with Gasteiger partial charge in [0.1, 0.15) is 16.8 Å². The van der Waals surface area contributed by atoms with Gasteiger partial charge in [-0.3, -0.25) is 4.79 Å². The van der Waals surface area contributed by atoms with E-state index in [1.54, 1.807) is 6.92 Å². The highest BCUT2D eigenvalue weighted by Crippen LogP contribution is 2.18. The maximum Gasteiger partial charge on any atom is 0.251 e. The van der Waals surface area contributed by atoms with Crippen LogP contribution in [0.25, 0.3) is 0 Å². The number of hydrogen-bond donors (Lipinski definition) is 1. The largest absolute Gasteiger partial charge is 0.345 e. The van der Waals surface area contributed by atoms with Gasteiger partial charge in [0.15, 0.2) is 0 Å². The molecule has 20 heavy (non-hydrogen) atoms. The third kappa shape index (κ3) is 3.30. The van der Waals surface area contributed by atoms with Gasteiger partial charge in [-0.25, -0.2) is 13.8 Å². The van der Waals surface area contributed by atoms with E-state index in [-0.39, 0.29) is 10.7 Å². The summed E-state index contributed by atoms with van der Waals surface area (Å²) in [4.78, 5) is 15.7. The molecule has 0 radical (unpaired) electrons. The third-order valence-electron chi connectivity index (χ3n) is 2.77. The van der Waals surface area contributed by atoms with Crippen molar-refractivity contribution in [2.24, 2.45) is 0 Å². The standard InChI is InChI=1S/C14H11ClF2N2O/c1-8(11-3-2-10(16)7-12(11)17)19-14(20)9-4-5-18-13(15)6-9/h2-8H,1H3,(H,19,20)/t8-/m0/s1. The predicted octanol–water partition coefficient (Wildman–Crippen LogP) is 3.50. The Morgan fingerprint density at radius 2 is 2.05 bits per heavy atom. The van der Waals surface area contributed by atoms with Crippen molar-refractivity contribution >= 4 is 17.5 Å². The average Bonchev–Trinajstić information content (AvgIpc) is 2.38. The van der Waals surface area contributed by atoms with Gasteiger partial charge in [-0.15, -0.1) is 0 Å². The highest BCUT2D eigenvalue weighted by molar-refractivity contribution is 6.29. The van der Waals surface area contributed by atoms with Gasteiger partial charge < -0.3 is 5.32 Å². The molecule has 0 fully saturated rings. The summed E-state index contributed by atoms with van der Waals surface area (Å²) in [5.41, 5.74) is 0.527. The molecular formula is C14H11ClF2N2O. The Labute approximate surface area is 119 Å². The van der Waals surface area contributed by atoms with Crippen molar-refractivity contribution in [3.8, 4) is 0 Å². The van der Waals surface area contributed by atoms with Crippen molar-refractivity contribution in [1.82, 2.24) is 10.3 Å². The van der Waals surface area contributed by atoms with Crippen molar-refractivity contribution in [3.05, 3.63) is 64.4 Å². The van der Waals surface area contributed by atoms with Crippen molar-refractivity contribution in [2.75, 3.05) is 0 Å². The van der Waals surface area contributed by atoms with Gasteiger partial charge in [-0.05, 0) is 25.1 Å². The number of carbonyl (C=O) groups excluding carboxylic acids is 1. The van der Waals surface area contributed by atoms with Crippen molar-refractivity contribution < 1.29 is 13.6 Å². The van der Waals surface area contributed by atoms with Crippen LogP contribution < -0.4 is 5.32 Å². The summed E-state index contributed by atoms with van der Waals surface area (Å²) in [5, 5.41) is 2.81. The molecule has 3 nitrogen and oxygen atoms in total. The number of hydrogen-bond acceptors (Lipinski definition) is 2. The van der Waals surface area contributed by atoms with Gasteiger partial charge in [-0.2, -0.15) is 0 Å². The first-order valence-corrected chi connectivity index (χ1v) is 6.22. The van der Waals surface area contributed by atoms with Crippen LogP contribution in [0.3, 0.4) is 0 Å². The van der Waals surface area contributed by atoms with Crippen LogP contribution in [0.15, 0.2) is 36.5 Å². The van der Waals surface area contributed by atoms with Crippen LogP contribution in [0.1, 0.15) is 28.9 Å². The molecule has 104 valence electrons. The molecular weight excluding hydrogens is 286 g/mol. The van der Waals surface area contributed by atoms with Crippen molar-refractivity contribution in [1.29, 1.82) is 0 Å². The number of rotatable bonds is 3. The van der Waals surface area contributed by atoms with E-state index >= 15 is 0 Å². The minimum Gasteiger partial charge on any atom is -0.345 e. The topological polar surface area (TPSA) is 42.0 Å². The zero-order chi connectivity index (χ0) is 14.7. The highest BCUT2D eigenvalue weighted by atomic mass is 35.5. The van der Waals surface area contributed by atoms with Crippen LogP contribution in [-0.4, -0.2) is 10.9 Å². The van der Waals surface area contributed by atoms with Crippen LogP contribution in [0.2, 0.25) is 5.15 Å². The number of pyridine rings is 1. The molecule has 0 aliphatic rings. The van der Waals surface area contributed by atoms with E-state index < -0.39 is 23.6 Å². The number of nitrogens with one attached hydrogen (secondary N) is 1. The van der Waals surface area contributed by atoms with Crippen LogP contribution in [-0.2, 0) is 0 Å². The third-order valence-corrected chi connectivity index (χ3v) is 2.97. The number of carbonyl (C=O) groups is 1. The van der Waals surface area contributed by atoms with E-state index in [2.05, 4.69) is 10.3 Å². The second kappa shape index (κ2) is 5.96. The Bertz CT molecular complexity index is 649. The Balaban J connectivity index is 2.15. The number of nitrogens with zero attached hydrogens (tertiary/aromatic N) is 1. The van der Waals surface area contributed by atoms with Crippen LogP contribution in [0.4, 0.5) is 8.78 Å². The molecule has 1 aromatic heterocycles. The summed E-state index contributed by atoms with van der Waals surface area (Å²) >= 11 is 5.69. The molecule has 0 bridgehead atoms. The van der Waals surface area contributed by atoms with E-state index in [0.717, 1.165) is 12.1 Å². The first kappa shape index (κ1) is 14.4. The number of benzene rings is 1. The van der Waals surface area contributed by atoms with E-state index in [9.17, 15) is 13.6 Å². The van der Waals surface area contributed by atoms with Gasteiger partial charge in [0.25, 0.3) is 5.91 Å². The van der Waals surface area contributed by atoms with E-state index in [0.29, 0.717) is 5.56 Å². The zero-order valence-electron chi connectivity index (χ0n) is 10.5. The first-order chi connectivity index (χ1) is 9.47. The molecule has 0 spiro atoms. The van der Waals surface area contributed by atoms with Crippen LogP contribution in [0.5, 0.6) is 0 Å². The lowest BCUT2D eigenvalue weighted by Crippen LogP contribution is -2.27. The Morgan fingerprint density at radius 1 is 1.30 bits per heavy atom. The lowest BCUT2D eigenvalue weighted by molar-refractivity contribution is 0.0939. The van der Waals surface area contributed by atoms with Crippen LogP contribution in [0, 0.1) is 11.6 Å². The number of halogens is 3. The normalized spacial score (nSPS) is 12.0. The van der Waals surface area contributed by atoms with E-state index in [1.165, 1.54) is 24.4 Å². The monoisotopic (exact) mass is 296 g/mol. The van der Waals surface area contributed by atoms with Crippen molar-refractivity contribution in [2.45, 2.75) is 13.0 Å². The van der Waals surface area contributed by atoms with Gasteiger partial charge in [0, 0.05) is 23.4 Å². The Hall–Kier alpha value is -2.01. The molecule has 0 saturated carbocycles. The minimum atomic E-state index is -0.703. The van der Waals surface area contributed by atoms with E-state index in [1.807, 2.05) is 0 Å². The SMILES string of the molecule is C[C@H](NC(=O)c1ccnc(Cl)c1)c1ccc(F)cc1F. The maximum absolute atomic E-state index is 13.6. The molecule has 2 rings (SSSR count). The second-order valence-electron chi connectivity index (χ2n) is 4.23. The molecule has 1 aromatic carbocycles. The summed E-state index contributed by atoms with van der Waals surface area (Å²) in [6.45, 7) is 1.61. The molecule has 1 atom stereocenters. The van der Waals surface area contributed by atoms with Crippen molar-refractivity contribution in [3.63, 3.8) is 0 Å². The second-order valence-corrected chi connectivity index (χ2v) is 4.62. The lowest BCUT2D eigenvalue weighted by atomic mass is 10.1.